The van der Waals surface area contributed by atoms with Crippen LogP contribution in [0.25, 0.3) is 11.1 Å². The quantitative estimate of drug-likeness (QED) is 0.739. The Kier molecular flexibility index (Phi) is 6.46. The Labute approximate surface area is 189 Å². The maximum atomic E-state index is 13.5. The van der Waals surface area contributed by atoms with Gasteiger partial charge in [0, 0.05) is 43.5 Å². The van der Waals surface area contributed by atoms with Crippen LogP contribution in [0, 0.1) is 5.92 Å². The summed E-state index contributed by atoms with van der Waals surface area (Å²) in [6, 6.07) is 7.74. The van der Waals surface area contributed by atoms with E-state index in [1.807, 2.05) is 54.4 Å². The summed E-state index contributed by atoms with van der Waals surface area (Å²) in [6.07, 6.45) is 4.50. The van der Waals surface area contributed by atoms with Crippen LogP contribution in [0.15, 0.2) is 30.5 Å². The van der Waals surface area contributed by atoms with E-state index in [1.165, 1.54) is 0 Å². The zero-order valence-electron chi connectivity index (χ0n) is 18.6. The van der Waals surface area contributed by atoms with Crippen molar-refractivity contribution in [2.45, 2.75) is 51.2 Å². The van der Waals surface area contributed by atoms with Crippen molar-refractivity contribution >= 4 is 23.5 Å². The Bertz CT molecular complexity index is 949. The van der Waals surface area contributed by atoms with Crippen LogP contribution in [-0.4, -0.2) is 53.5 Å². The highest BCUT2D eigenvalue weighted by Gasteiger charge is 2.39. The zero-order valence-corrected chi connectivity index (χ0v) is 19.4. The Morgan fingerprint density at radius 1 is 1.29 bits per heavy atom. The number of likely N-dealkylation sites (tertiary alicyclic amines) is 1. The maximum absolute atomic E-state index is 13.5. The highest BCUT2D eigenvalue weighted by atomic mass is 35.5. The van der Waals surface area contributed by atoms with Crippen LogP contribution in [0.4, 0.5) is 5.95 Å². The summed E-state index contributed by atoms with van der Waals surface area (Å²) in [4.78, 5) is 26.8. The van der Waals surface area contributed by atoms with Gasteiger partial charge in [0.25, 0.3) is 0 Å². The maximum Gasteiger partial charge on any atom is 0.241 e. The van der Waals surface area contributed by atoms with Gasteiger partial charge in [-0.25, -0.2) is 15.4 Å². The molecule has 8 heteroatoms. The number of halogens is 1. The minimum atomic E-state index is -0.210. The third-order valence-electron chi connectivity index (χ3n) is 6.23. The lowest BCUT2D eigenvalue weighted by atomic mass is 9.97. The highest BCUT2D eigenvalue weighted by Crippen LogP contribution is 2.38. The summed E-state index contributed by atoms with van der Waals surface area (Å²) >= 11 is 6.26. The van der Waals surface area contributed by atoms with Gasteiger partial charge >= 0.3 is 0 Å². The van der Waals surface area contributed by atoms with E-state index in [-0.39, 0.29) is 18.0 Å². The molecule has 2 N–H and O–H groups in total. The molecular weight excluding hydrogens is 412 g/mol. The van der Waals surface area contributed by atoms with Gasteiger partial charge in [-0.1, -0.05) is 37.6 Å². The molecule has 3 unspecified atom stereocenters. The molecule has 0 aliphatic carbocycles. The van der Waals surface area contributed by atoms with Crippen LogP contribution < -0.4 is 15.8 Å². The molecule has 1 amide bonds. The Hall–Kier alpha value is -2.22. The fourth-order valence-corrected chi connectivity index (χ4v) is 4.62. The molecule has 0 bridgehead atoms. The van der Waals surface area contributed by atoms with Gasteiger partial charge in [0.2, 0.25) is 11.9 Å². The Morgan fingerprint density at radius 3 is 2.77 bits per heavy atom. The minimum Gasteiger partial charge on any atom is -0.347 e. The third-order valence-corrected chi connectivity index (χ3v) is 6.46. The molecule has 7 nitrogen and oxygen atoms in total. The molecule has 2 aromatic rings. The zero-order chi connectivity index (χ0) is 22.1. The van der Waals surface area contributed by atoms with Crippen molar-refractivity contribution in [3.8, 4) is 11.1 Å². The lowest BCUT2D eigenvalue weighted by molar-refractivity contribution is -0.134. The fraction of sp³-hybridized carbons (Fsp3) is 0.522. The van der Waals surface area contributed by atoms with Crippen molar-refractivity contribution < 1.29 is 4.79 Å². The van der Waals surface area contributed by atoms with Crippen molar-refractivity contribution in [1.82, 2.24) is 25.7 Å². The summed E-state index contributed by atoms with van der Waals surface area (Å²) in [6.45, 7) is 5.09. The van der Waals surface area contributed by atoms with Crippen LogP contribution in [-0.2, 0) is 4.79 Å². The summed E-state index contributed by atoms with van der Waals surface area (Å²) in [5, 5.41) is 0.667. The Morgan fingerprint density at radius 2 is 2.10 bits per heavy atom. The largest absolute Gasteiger partial charge is 0.347 e. The molecule has 0 saturated carbocycles. The molecule has 0 spiro atoms. The van der Waals surface area contributed by atoms with E-state index in [4.69, 9.17) is 16.6 Å². The molecule has 1 aromatic heterocycles. The monoisotopic (exact) mass is 442 g/mol. The second-order valence-corrected chi connectivity index (χ2v) is 9.43. The predicted octanol–water partition coefficient (Wildman–Crippen LogP) is 3.42. The fourth-order valence-electron chi connectivity index (χ4n) is 4.43. The lowest BCUT2D eigenvalue weighted by Crippen LogP contribution is -2.45. The first-order valence-corrected chi connectivity index (χ1v) is 11.3. The van der Waals surface area contributed by atoms with Gasteiger partial charge in [-0.15, -0.1) is 0 Å². The van der Waals surface area contributed by atoms with Crippen LogP contribution in [0.5, 0.6) is 0 Å². The number of aromatic nitrogens is 2. The van der Waals surface area contributed by atoms with Gasteiger partial charge < -0.3 is 9.80 Å². The van der Waals surface area contributed by atoms with Crippen molar-refractivity contribution in [3.63, 3.8) is 0 Å². The van der Waals surface area contributed by atoms with Gasteiger partial charge in [0.05, 0.1) is 11.7 Å². The summed E-state index contributed by atoms with van der Waals surface area (Å²) in [7, 11) is 3.85. The van der Waals surface area contributed by atoms with Gasteiger partial charge in [0.15, 0.2) is 0 Å². The van der Waals surface area contributed by atoms with E-state index < -0.39 is 0 Å². The minimum absolute atomic E-state index is 0.0805. The first kappa shape index (κ1) is 22.0. The van der Waals surface area contributed by atoms with E-state index in [0.29, 0.717) is 22.9 Å². The van der Waals surface area contributed by atoms with Gasteiger partial charge in [0.1, 0.15) is 6.04 Å². The van der Waals surface area contributed by atoms with Crippen LogP contribution in [0.2, 0.25) is 5.02 Å². The molecular formula is C23H31ClN6O. The van der Waals surface area contributed by atoms with Crippen LogP contribution in [0.1, 0.15) is 44.8 Å². The van der Waals surface area contributed by atoms with Crippen LogP contribution >= 0.6 is 11.6 Å². The third kappa shape index (κ3) is 4.54. The summed E-state index contributed by atoms with van der Waals surface area (Å²) < 4.78 is 0. The first-order chi connectivity index (χ1) is 14.8. The number of rotatable bonds is 5. The summed E-state index contributed by atoms with van der Waals surface area (Å²) in [5.41, 5.74) is 9.29. The number of hydrogen-bond acceptors (Lipinski definition) is 6. The normalized spacial score (nSPS) is 23.5. The molecule has 4 rings (SSSR count). The molecule has 1 aromatic carbocycles. The van der Waals surface area contributed by atoms with E-state index >= 15 is 0 Å². The molecule has 3 atom stereocenters. The molecule has 166 valence electrons. The Balaban J connectivity index is 1.68. The summed E-state index contributed by atoms with van der Waals surface area (Å²) in [5.74, 6) is 1.25. The molecule has 2 aliphatic rings. The van der Waals surface area contributed by atoms with Crippen molar-refractivity contribution in [1.29, 1.82) is 0 Å². The number of nitrogens with zero attached hydrogens (tertiary/aromatic N) is 4. The van der Waals surface area contributed by atoms with Crippen molar-refractivity contribution in [3.05, 3.63) is 41.2 Å². The lowest BCUT2D eigenvalue weighted by Gasteiger charge is -2.29. The standard InChI is InChI=1S/C23H31ClN6O/c1-14(2)18-12-19(28-27-18)22(31)30-10-6-9-20(30)21-17(13-25-23(26-21)29(3)4)15-7-5-8-16(24)11-15/h5,7-8,11,13-14,18-20,27-28H,6,9-10,12H2,1-4H3. The van der Waals surface area contributed by atoms with E-state index in [0.717, 1.165) is 42.6 Å². The van der Waals surface area contributed by atoms with Crippen molar-refractivity contribution in [2.24, 2.45) is 5.92 Å². The molecule has 31 heavy (non-hydrogen) atoms. The second-order valence-electron chi connectivity index (χ2n) is 8.99. The first-order valence-electron chi connectivity index (χ1n) is 11.0. The molecule has 2 saturated heterocycles. The number of amides is 1. The number of hydrazine groups is 1. The number of nitrogens with one attached hydrogen (secondary N) is 2. The SMILES string of the molecule is CC(C)C1CC(C(=O)N2CCCC2c2nc(N(C)C)ncc2-c2cccc(Cl)c2)NN1. The number of carbonyl (C=O) groups excluding carboxylic acids is 1. The topological polar surface area (TPSA) is 73.4 Å². The molecule has 3 heterocycles. The number of hydrogen-bond donors (Lipinski definition) is 2. The van der Waals surface area contributed by atoms with E-state index in [1.54, 1.807) is 0 Å². The predicted molar refractivity (Wildman–Crippen MR) is 124 cm³/mol. The van der Waals surface area contributed by atoms with Gasteiger partial charge in [-0.2, -0.15) is 0 Å². The molecule has 2 aliphatic heterocycles. The highest BCUT2D eigenvalue weighted by molar-refractivity contribution is 6.30. The molecule has 0 radical (unpaired) electrons. The molecule has 2 fully saturated rings. The van der Waals surface area contributed by atoms with Crippen molar-refractivity contribution in [2.75, 3.05) is 25.5 Å². The number of carbonyl (C=O) groups is 1. The van der Waals surface area contributed by atoms with Gasteiger partial charge in [-0.05, 0) is 42.9 Å². The average Bonchev–Trinajstić information content (AvgIpc) is 3.43. The van der Waals surface area contributed by atoms with Gasteiger partial charge in [-0.3, -0.25) is 10.2 Å². The second kappa shape index (κ2) is 9.10. The van der Waals surface area contributed by atoms with E-state index in [2.05, 4.69) is 29.7 Å². The smallest absolute Gasteiger partial charge is 0.241 e. The van der Waals surface area contributed by atoms with Crippen LogP contribution in [0.3, 0.4) is 0 Å². The number of anilines is 1. The average molecular weight is 443 g/mol. The van der Waals surface area contributed by atoms with E-state index in [9.17, 15) is 4.79 Å². The number of benzene rings is 1.